The molecule has 0 aliphatic heterocycles. The lowest BCUT2D eigenvalue weighted by Gasteiger charge is -2.23. The highest BCUT2D eigenvalue weighted by molar-refractivity contribution is 6.07. The van der Waals surface area contributed by atoms with Crippen LogP contribution in [0.4, 0.5) is 17.1 Å². The molecule has 4 nitrogen and oxygen atoms in total. The van der Waals surface area contributed by atoms with Crippen molar-refractivity contribution in [2.24, 2.45) is 4.99 Å². The Hall–Kier alpha value is -4.31. The van der Waals surface area contributed by atoms with Gasteiger partial charge >= 0.3 is 0 Å². The predicted molar refractivity (Wildman–Crippen MR) is 200 cm³/mol. The molecule has 0 heterocycles. The highest BCUT2D eigenvalue weighted by Gasteiger charge is 2.14. The molecule has 1 aliphatic carbocycles. The smallest absolute Gasteiger partial charge is 0.0574 e. The van der Waals surface area contributed by atoms with Gasteiger partial charge in [-0.2, -0.15) is 0 Å². The summed E-state index contributed by atoms with van der Waals surface area (Å²) >= 11 is 0. The van der Waals surface area contributed by atoms with Crippen LogP contribution in [0.15, 0.2) is 114 Å². The Morgan fingerprint density at radius 1 is 0.489 bits per heavy atom. The van der Waals surface area contributed by atoms with Crippen LogP contribution in [0.5, 0.6) is 0 Å². The minimum absolute atomic E-state index is 0.778. The maximum Gasteiger partial charge on any atom is 0.0574 e. The summed E-state index contributed by atoms with van der Waals surface area (Å²) in [6, 6.07) is 27.2. The van der Waals surface area contributed by atoms with E-state index in [1.54, 1.807) is 0 Å². The molecule has 0 saturated heterocycles. The number of anilines is 3. The summed E-state index contributed by atoms with van der Waals surface area (Å²) in [4.78, 5) is 11.8. The number of hydrogen-bond acceptors (Lipinski definition) is 4. The number of nitrogens with zero attached hydrogens (tertiary/aromatic N) is 4. The van der Waals surface area contributed by atoms with Crippen LogP contribution in [0.2, 0.25) is 0 Å². The molecule has 45 heavy (non-hydrogen) atoms. The van der Waals surface area contributed by atoms with Crippen LogP contribution < -0.4 is 14.7 Å². The van der Waals surface area contributed by atoms with Crippen LogP contribution in [0, 0.1) is 0 Å². The zero-order chi connectivity index (χ0) is 32.2. The first-order chi connectivity index (χ1) is 22.0. The van der Waals surface area contributed by atoms with E-state index in [1.807, 2.05) is 0 Å². The molecule has 0 radical (unpaired) electrons. The van der Waals surface area contributed by atoms with E-state index in [1.165, 1.54) is 50.5 Å². The van der Waals surface area contributed by atoms with Crippen molar-refractivity contribution in [3.05, 3.63) is 125 Å². The van der Waals surface area contributed by atoms with Gasteiger partial charge in [0.15, 0.2) is 0 Å². The van der Waals surface area contributed by atoms with Crippen LogP contribution in [0.25, 0.3) is 11.1 Å². The van der Waals surface area contributed by atoms with Gasteiger partial charge in [0.1, 0.15) is 0 Å². The summed E-state index contributed by atoms with van der Waals surface area (Å²) < 4.78 is 0. The molecule has 0 bridgehead atoms. The number of allylic oxidation sites excluding steroid dienone is 7. The average molecular weight is 601 g/mol. The third-order valence-corrected chi connectivity index (χ3v) is 8.73. The molecule has 0 N–H and O–H groups in total. The molecule has 0 atom stereocenters. The van der Waals surface area contributed by atoms with Gasteiger partial charge in [0.2, 0.25) is 0 Å². The Morgan fingerprint density at radius 3 is 1.18 bits per heavy atom. The van der Waals surface area contributed by atoms with Crippen molar-refractivity contribution >= 4 is 33.9 Å². The topological polar surface area (TPSA) is 22.1 Å². The first-order valence-corrected chi connectivity index (χ1v) is 16.9. The number of benzene rings is 3. The molecule has 1 aliphatic rings. The maximum atomic E-state index is 4.62. The maximum absolute atomic E-state index is 4.62. The second-order valence-corrected chi connectivity index (χ2v) is 11.2. The van der Waals surface area contributed by atoms with E-state index in [2.05, 4.69) is 171 Å². The van der Waals surface area contributed by atoms with Gasteiger partial charge in [-0.1, -0.05) is 48.6 Å². The molecule has 0 spiro atoms. The Balaban J connectivity index is 1.91. The third kappa shape index (κ3) is 8.25. The zero-order valence-corrected chi connectivity index (χ0v) is 28.6. The highest BCUT2D eigenvalue weighted by atomic mass is 15.1. The lowest BCUT2D eigenvalue weighted by atomic mass is 9.90. The van der Waals surface area contributed by atoms with Gasteiger partial charge in [-0.15, -0.1) is 0 Å². The average Bonchev–Trinajstić information content (AvgIpc) is 3.09. The summed E-state index contributed by atoms with van der Waals surface area (Å²) in [6.07, 6.45) is 11.1. The molecule has 4 rings (SSSR count). The van der Waals surface area contributed by atoms with Gasteiger partial charge in [0, 0.05) is 62.9 Å². The molecular weight excluding hydrogens is 548 g/mol. The van der Waals surface area contributed by atoms with E-state index >= 15 is 0 Å². The SMILES string of the molecule is CCN=C1C=CC(=C(C=C(c2ccc(N(CC)CC)cc2)c2ccc(N(CC)CC)cc2)c2ccc(N(CC)CC)cc2)C=C1. The Labute approximate surface area is 272 Å². The Morgan fingerprint density at radius 2 is 0.844 bits per heavy atom. The van der Waals surface area contributed by atoms with Crippen molar-refractivity contribution in [3.63, 3.8) is 0 Å². The van der Waals surface area contributed by atoms with E-state index in [0.717, 1.165) is 51.5 Å². The number of rotatable bonds is 14. The summed E-state index contributed by atoms with van der Waals surface area (Å²) in [6.45, 7) is 22.1. The number of hydrogen-bond donors (Lipinski definition) is 0. The summed E-state index contributed by atoms with van der Waals surface area (Å²) in [5, 5.41) is 0. The second-order valence-electron chi connectivity index (χ2n) is 11.2. The zero-order valence-electron chi connectivity index (χ0n) is 28.6. The summed E-state index contributed by atoms with van der Waals surface area (Å²) in [5.41, 5.74) is 12.0. The van der Waals surface area contributed by atoms with Crippen LogP contribution in [0.3, 0.4) is 0 Å². The minimum atomic E-state index is 0.778. The van der Waals surface area contributed by atoms with Crippen molar-refractivity contribution in [3.8, 4) is 0 Å². The third-order valence-electron chi connectivity index (χ3n) is 8.73. The fraction of sp³-hybridized carbons (Fsp3) is 0.341. The van der Waals surface area contributed by atoms with Crippen molar-refractivity contribution in [2.75, 3.05) is 60.5 Å². The standard InChI is InChI=1S/C41H52N4/c1-8-42-36-23-15-32(16-24-36)40(33-17-25-37(26-18-33)43(9-2)10-3)31-41(34-19-27-38(28-20-34)44(11-4)12-5)35-21-29-39(30-22-35)45(13-6)14-7/h15-31H,8-14H2,1-7H3. The minimum Gasteiger partial charge on any atom is -0.372 e. The van der Waals surface area contributed by atoms with E-state index in [-0.39, 0.29) is 0 Å². The van der Waals surface area contributed by atoms with Gasteiger partial charge in [-0.3, -0.25) is 4.99 Å². The van der Waals surface area contributed by atoms with E-state index in [0.29, 0.717) is 0 Å². The Bertz CT molecular complexity index is 1430. The molecule has 3 aromatic rings. The number of aliphatic imine (C=N–C) groups is 1. The second kappa shape index (κ2) is 16.7. The van der Waals surface area contributed by atoms with Crippen LogP contribution in [0.1, 0.15) is 65.2 Å². The van der Waals surface area contributed by atoms with Crippen molar-refractivity contribution in [1.82, 2.24) is 0 Å². The van der Waals surface area contributed by atoms with Gasteiger partial charge in [0.05, 0.1) is 5.71 Å². The van der Waals surface area contributed by atoms with Gasteiger partial charge in [-0.25, -0.2) is 0 Å². The molecule has 0 saturated carbocycles. The molecule has 3 aromatic carbocycles. The first-order valence-electron chi connectivity index (χ1n) is 16.9. The quantitative estimate of drug-likeness (QED) is 0.184. The Kier molecular flexibility index (Phi) is 12.4. The van der Waals surface area contributed by atoms with E-state index < -0.39 is 0 Å². The van der Waals surface area contributed by atoms with Crippen LogP contribution in [-0.4, -0.2) is 51.5 Å². The van der Waals surface area contributed by atoms with Crippen LogP contribution >= 0.6 is 0 Å². The molecule has 4 heteroatoms. The molecule has 0 unspecified atom stereocenters. The van der Waals surface area contributed by atoms with Crippen LogP contribution in [-0.2, 0) is 0 Å². The normalized spacial score (nSPS) is 12.2. The van der Waals surface area contributed by atoms with Crippen molar-refractivity contribution in [1.29, 1.82) is 0 Å². The van der Waals surface area contributed by atoms with Crippen molar-refractivity contribution < 1.29 is 0 Å². The fourth-order valence-corrected chi connectivity index (χ4v) is 6.06. The first kappa shape index (κ1) is 33.6. The molecule has 236 valence electrons. The molecule has 0 amide bonds. The molecule has 0 aromatic heterocycles. The lowest BCUT2D eigenvalue weighted by molar-refractivity contribution is 0.866. The lowest BCUT2D eigenvalue weighted by Crippen LogP contribution is -2.21. The molecular formula is C41H52N4. The van der Waals surface area contributed by atoms with E-state index in [9.17, 15) is 0 Å². The largest absolute Gasteiger partial charge is 0.372 e. The summed E-state index contributed by atoms with van der Waals surface area (Å²) in [7, 11) is 0. The van der Waals surface area contributed by atoms with Gasteiger partial charge in [-0.05, 0) is 137 Å². The fourth-order valence-electron chi connectivity index (χ4n) is 6.06. The summed E-state index contributed by atoms with van der Waals surface area (Å²) in [5.74, 6) is 0. The monoisotopic (exact) mass is 600 g/mol. The van der Waals surface area contributed by atoms with Crippen molar-refractivity contribution in [2.45, 2.75) is 48.5 Å². The highest BCUT2D eigenvalue weighted by Crippen LogP contribution is 2.34. The molecule has 0 fully saturated rings. The van der Waals surface area contributed by atoms with E-state index in [4.69, 9.17) is 0 Å². The predicted octanol–water partition coefficient (Wildman–Crippen LogP) is 9.70. The van der Waals surface area contributed by atoms with Gasteiger partial charge in [0.25, 0.3) is 0 Å². The van der Waals surface area contributed by atoms with Gasteiger partial charge < -0.3 is 14.7 Å².